The first kappa shape index (κ1) is 19.6. The molecule has 0 amide bonds. The second-order valence-corrected chi connectivity index (χ2v) is 8.46. The summed E-state index contributed by atoms with van der Waals surface area (Å²) in [6, 6.07) is 5.56. The second kappa shape index (κ2) is 7.95. The van der Waals surface area contributed by atoms with Crippen molar-refractivity contribution in [1.82, 2.24) is 15.6 Å². The highest BCUT2D eigenvalue weighted by Gasteiger charge is 2.28. The Morgan fingerprint density at radius 2 is 2.14 bits per heavy atom. The van der Waals surface area contributed by atoms with Gasteiger partial charge in [-0.1, -0.05) is 12.1 Å². The Bertz CT molecular complexity index is 1090. The van der Waals surface area contributed by atoms with Gasteiger partial charge in [-0.05, 0) is 30.2 Å². The third-order valence-corrected chi connectivity index (χ3v) is 5.94. The fourth-order valence-corrected chi connectivity index (χ4v) is 4.59. The topological polar surface area (TPSA) is 160 Å². The Balaban J connectivity index is 1.88. The lowest BCUT2D eigenvalue weighted by Gasteiger charge is -2.18. The molecule has 4 rings (SSSR count). The lowest BCUT2D eigenvalue weighted by Crippen LogP contribution is -2.31. The Hall–Kier alpha value is -2.73. The van der Waals surface area contributed by atoms with E-state index in [9.17, 15) is 8.42 Å². The van der Waals surface area contributed by atoms with Crippen molar-refractivity contribution in [2.24, 2.45) is 20.4 Å². The summed E-state index contributed by atoms with van der Waals surface area (Å²) in [5.41, 5.74) is 8.45. The van der Waals surface area contributed by atoms with Gasteiger partial charge in [0.2, 0.25) is 10.0 Å². The highest BCUT2D eigenvalue weighted by Crippen LogP contribution is 2.33. The first-order valence-corrected chi connectivity index (χ1v) is 10.7. The highest BCUT2D eigenvalue weighted by atomic mass is 32.2. The van der Waals surface area contributed by atoms with Gasteiger partial charge in [0.25, 0.3) is 0 Å². The number of primary sulfonamides is 1. The van der Waals surface area contributed by atoms with Gasteiger partial charge in [0.05, 0.1) is 10.6 Å². The minimum absolute atomic E-state index is 0.00418. The van der Waals surface area contributed by atoms with Gasteiger partial charge in [-0.15, -0.1) is 5.11 Å². The standard InChI is InChI=1S/C18H22N8O2S/c19-13-5-12(6-22-8-13)15-2-1-11(7-23-14-3-4-21-9-14)17(29(20,27)28)16(15)18-24-10-25-26-18/h1-2,5-6,8,14,21,23H,3-4,7,9-10,19H2,(H2,20,27,28)/t14-/m1/s1. The van der Waals surface area contributed by atoms with Crippen molar-refractivity contribution < 1.29 is 8.42 Å². The van der Waals surface area contributed by atoms with E-state index < -0.39 is 10.0 Å². The zero-order valence-corrected chi connectivity index (χ0v) is 16.5. The summed E-state index contributed by atoms with van der Waals surface area (Å²) in [5.74, 6) is 0.232. The van der Waals surface area contributed by atoms with Crippen LogP contribution in [0.15, 0.2) is 50.7 Å². The van der Waals surface area contributed by atoms with Crippen LogP contribution in [0.5, 0.6) is 0 Å². The molecular weight excluding hydrogens is 392 g/mol. The minimum atomic E-state index is -4.08. The molecule has 1 fully saturated rings. The maximum absolute atomic E-state index is 12.6. The first-order chi connectivity index (χ1) is 13.9. The van der Waals surface area contributed by atoms with Crippen LogP contribution < -0.4 is 21.5 Å². The maximum Gasteiger partial charge on any atom is 0.239 e. The number of aliphatic imine (C=N–C) groups is 1. The lowest BCUT2D eigenvalue weighted by molar-refractivity contribution is 0.541. The average molecular weight is 414 g/mol. The Kier molecular flexibility index (Phi) is 5.37. The Morgan fingerprint density at radius 3 is 2.79 bits per heavy atom. The van der Waals surface area contributed by atoms with E-state index in [4.69, 9.17) is 10.9 Å². The number of amidine groups is 1. The minimum Gasteiger partial charge on any atom is -0.397 e. The molecule has 10 nitrogen and oxygen atoms in total. The molecule has 0 aliphatic carbocycles. The van der Waals surface area contributed by atoms with E-state index in [1.54, 1.807) is 18.3 Å². The SMILES string of the molecule is Nc1cncc(-c2ccc(CN[C@@H]3CCNC3)c(S(N)(=O)=O)c2C2=NCN=N2)c1. The van der Waals surface area contributed by atoms with Crippen molar-refractivity contribution in [2.75, 3.05) is 25.5 Å². The Labute approximate surface area is 168 Å². The molecule has 1 saturated heterocycles. The molecule has 0 radical (unpaired) electrons. The molecule has 1 aromatic carbocycles. The van der Waals surface area contributed by atoms with Crippen LogP contribution >= 0.6 is 0 Å². The maximum atomic E-state index is 12.6. The van der Waals surface area contributed by atoms with Crippen molar-refractivity contribution in [3.8, 4) is 11.1 Å². The summed E-state index contributed by atoms with van der Waals surface area (Å²) in [6.07, 6.45) is 4.10. The quantitative estimate of drug-likeness (QED) is 0.541. The number of anilines is 1. The number of azo groups is 1. The predicted molar refractivity (Wildman–Crippen MR) is 110 cm³/mol. The summed E-state index contributed by atoms with van der Waals surface area (Å²) >= 11 is 0. The van der Waals surface area contributed by atoms with Crippen molar-refractivity contribution in [2.45, 2.75) is 23.9 Å². The Morgan fingerprint density at radius 1 is 1.28 bits per heavy atom. The van der Waals surface area contributed by atoms with Gasteiger partial charge < -0.3 is 16.4 Å². The van der Waals surface area contributed by atoms with Crippen LogP contribution in [0.2, 0.25) is 0 Å². The number of benzene rings is 1. The summed E-state index contributed by atoms with van der Waals surface area (Å²) < 4.78 is 25.3. The van der Waals surface area contributed by atoms with Gasteiger partial charge in [-0.3, -0.25) is 4.98 Å². The van der Waals surface area contributed by atoms with E-state index in [1.165, 1.54) is 6.20 Å². The molecule has 0 unspecified atom stereocenters. The lowest BCUT2D eigenvalue weighted by atomic mass is 9.97. The van der Waals surface area contributed by atoms with Crippen LogP contribution in [0.3, 0.4) is 0 Å². The molecule has 0 bridgehead atoms. The van der Waals surface area contributed by atoms with Crippen LogP contribution in [-0.4, -0.2) is 45.0 Å². The van der Waals surface area contributed by atoms with Gasteiger partial charge in [0.15, 0.2) is 12.5 Å². The molecule has 1 atom stereocenters. The second-order valence-electron chi connectivity index (χ2n) is 6.96. The summed E-state index contributed by atoms with van der Waals surface area (Å²) in [6.45, 7) is 2.27. The van der Waals surface area contributed by atoms with Crippen LogP contribution in [0.4, 0.5) is 5.69 Å². The fraction of sp³-hybridized carbons (Fsp3) is 0.333. The number of nitrogens with two attached hydrogens (primary N) is 2. The van der Waals surface area contributed by atoms with Gasteiger partial charge in [-0.2, -0.15) is 5.11 Å². The molecule has 0 spiro atoms. The highest BCUT2D eigenvalue weighted by molar-refractivity contribution is 7.89. The van der Waals surface area contributed by atoms with Crippen LogP contribution in [0.25, 0.3) is 11.1 Å². The third kappa shape index (κ3) is 4.17. The molecule has 29 heavy (non-hydrogen) atoms. The number of hydrogen-bond donors (Lipinski definition) is 4. The van der Waals surface area contributed by atoms with E-state index in [0.717, 1.165) is 19.5 Å². The number of sulfonamides is 1. The molecule has 152 valence electrons. The number of hydrogen-bond acceptors (Lipinski definition) is 9. The van der Waals surface area contributed by atoms with E-state index in [2.05, 4.69) is 30.8 Å². The van der Waals surface area contributed by atoms with Crippen LogP contribution in [0, 0.1) is 0 Å². The zero-order valence-electron chi connectivity index (χ0n) is 15.7. The molecule has 2 aromatic rings. The first-order valence-electron chi connectivity index (χ1n) is 9.19. The molecule has 3 heterocycles. The summed E-state index contributed by atoms with van der Waals surface area (Å²) in [4.78, 5) is 8.36. The van der Waals surface area contributed by atoms with Crippen LogP contribution in [-0.2, 0) is 16.6 Å². The molecule has 11 heteroatoms. The third-order valence-electron chi connectivity index (χ3n) is 4.91. The molecule has 6 N–H and O–H groups in total. The number of nitrogens with one attached hydrogen (secondary N) is 2. The largest absolute Gasteiger partial charge is 0.397 e. The van der Waals surface area contributed by atoms with Crippen molar-refractivity contribution in [3.05, 3.63) is 41.7 Å². The number of aromatic nitrogens is 1. The smallest absolute Gasteiger partial charge is 0.239 e. The number of rotatable bonds is 6. The molecular formula is C18H22N8O2S. The molecule has 0 saturated carbocycles. The van der Waals surface area contributed by atoms with E-state index in [0.29, 0.717) is 34.5 Å². The summed E-state index contributed by atoms with van der Waals surface area (Å²) in [5, 5.41) is 20.2. The average Bonchev–Trinajstić information content (AvgIpc) is 3.38. The van der Waals surface area contributed by atoms with Crippen molar-refractivity contribution in [1.29, 1.82) is 0 Å². The number of pyridine rings is 1. The van der Waals surface area contributed by atoms with Gasteiger partial charge >= 0.3 is 0 Å². The molecule has 2 aliphatic heterocycles. The summed E-state index contributed by atoms with van der Waals surface area (Å²) in [7, 11) is -4.08. The van der Waals surface area contributed by atoms with E-state index in [-0.39, 0.29) is 23.4 Å². The van der Waals surface area contributed by atoms with Crippen molar-refractivity contribution in [3.63, 3.8) is 0 Å². The van der Waals surface area contributed by atoms with E-state index >= 15 is 0 Å². The normalized spacial score (nSPS) is 18.9. The van der Waals surface area contributed by atoms with Crippen LogP contribution in [0.1, 0.15) is 17.5 Å². The molecule has 2 aliphatic rings. The van der Waals surface area contributed by atoms with Gasteiger partial charge in [-0.25, -0.2) is 18.5 Å². The molecule has 1 aromatic heterocycles. The van der Waals surface area contributed by atoms with Crippen molar-refractivity contribution >= 4 is 21.5 Å². The fourth-order valence-electron chi connectivity index (χ4n) is 3.60. The monoisotopic (exact) mass is 414 g/mol. The predicted octanol–water partition coefficient (Wildman–Crippen LogP) is 0.600. The van der Waals surface area contributed by atoms with Gasteiger partial charge in [0.1, 0.15) is 0 Å². The van der Waals surface area contributed by atoms with E-state index in [1.807, 2.05) is 6.07 Å². The number of nitrogen functional groups attached to an aromatic ring is 1. The zero-order chi connectivity index (χ0) is 20.4. The number of nitrogens with zero attached hydrogens (tertiary/aromatic N) is 4. The van der Waals surface area contributed by atoms with Gasteiger partial charge in [0, 0.05) is 42.7 Å².